The summed E-state index contributed by atoms with van der Waals surface area (Å²) in [6.45, 7) is 8.70. The van der Waals surface area contributed by atoms with Crippen LogP contribution >= 0.6 is 0 Å². The van der Waals surface area contributed by atoms with Gasteiger partial charge in [-0.2, -0.15) is 4.98 Å². The number of rotatable bonds is 8. The summed E-state index contributed by atoms with van der Waals surface area (Å²) in [7, 11) is 0. The molecule has 31 heavy (non-hydrogen) atoms. The zero-order valence-corrected chi connectivity index (χ0v) is 18.9. The lowest BCUT2D eigenvalue weighted by Gasteiger charge is -2.29. The molecule has 166 valence electrons. The molecule has 0 radical (unpaired) electrons. The number of nitrogen functional groups attached to an aromatic ring is 1. The number of nitrogens with two attached hydrogens (primary N) is 1. The van der Waals surface area contributed by atoms with E-state index in [1.54, 1.807) is 0 Å². The summed E-state index contributed by atoms with van der Waals surface area (Å²) in [5.41, 5.74) is 10.1. The molecule has 1 aliphatic heterocycles. The summed E-state index contributed by atoms with van der Waals surface area (Å²) in [6, 6.07) is 2.57. The van der Waals surface area contributed by atoms with Crippen LogP contribution in [0.4, 0.5) is 17.6 Å². The largest absolute Gasteiger partial charge is 0.380 e. The highest BCUT2D eigenvalue weighted by atomic mass is 15.3. The second kappa shape index (κ2) is 9.49. The number of nitrogens with zero attached hydrogens (tertiary/aromatic N) is 6. The molecule has 0 amide bonds. The number of hydrogen-bond acceptors (Lipinski definition) is 7. The SMILES string of the molecule is CCCC(CC)Nc1nc(N)c2ncc(Cc3cnc(N4CCCCC4)c(C)c3)n2n1. The minimum Gasteiger partial charge on any atom is -0.380 e. The van der Waals surface area contributed by atoms with E-state index in [1.807, 2.05) is 16.9 Å². The molecule has 0 aromatic carbocycles. The molecule has 3 aromatic rings. The van der Waals surface area contributed by atoms with Crippen molar-refractivity contribution in [2.75, 3.05) is 29.0 Å². The minimum absolute atomic E-state index is 0.336. The van der Waals surface area contributed by atoms with Gasteiger partial charge in [-0.15, -0.1) is 5.10 Å². The smallest absolute Gasteiger partial charge is 0.243 e. The molecule has 1 unspecified atom stereocenters. The molecule has 0 saturated carbocycles. The molecule has 4 rings (SSSR count). The fraction of sp³-hybridized carbons (Fsp3) is 0.565. The highest BCUT2D eigenvalue weighted by Crippen LogP contribution is 2.23. The molecule has 1 atom stereocenters. The topological polar surface area (TPSA) is 97.3 Å². The van der Waals surface area contributed by atoms with Crippen LogP contribution in [-0.2, 0) is 6.42 Å². The van der Waals surface area contributed by atoms with Crippen molar-refractivity contribution in [2.24, 2.45) is 0 Å². The van der Waals surface area contributed by atoms with Gasteiger partial charge in [0.05, 0.1) is 11.9 Å². The average molecular weight is 423 g/mol. The van der Waals surface area contributed by atoms with Crippen LogP contribution in [0.25, 0.3) is 5.65 Å². The monoisotopic (exact) mass is 422 g/mol. The number of aryl methyl sites for hydroxylation is 1. The van der Waals surface area contributed by atoms with Gasteiger partial charge in [0.25, 0.3) is 0 Å². The Kier molecular flexibility index (Phi) is 6.53. The van der Waals surface area contributed by atoms with Crippen molar-refractivity contribution in [1.29, 1.82) is 0 Å². The van der Waals surface area contributed by atoms with Crippen LogP contribution in [-0.4, -0.2) is 43.7 Å². The minimum atomic E-state index is 0.336. The zero-order chi connectivity index (χ0) is 21.8. The van der Waals surface area contributed by atoms with E-state index in [-0.39, 0.29) is 0 Å². The third-order valence-electron chi connectivity index (χ3n) is 6.07. The summed E-state index contributed by atoms with van der Waals surface area (Å²) in [5.74, 6) is 2.06. The van der Waals surface area contributed by atoms with E-state index < -0.39 is 0 Å². The van der Waals surface area contributed by atoms with Crippen molar-refractivity contribution in [3.63, 3.8) is 0 Å². The summed E-state index contributed by atoms with van der Waals surface area (Å²) in [6.07, 6.45) is 11.5. The number of imidazole rings is 1. The Hall–Kier alpha value is -2.90. The van der Waals surface area contributed by atoms with E-state index in [1.165, 1.54) is 24.8 Å². The molecular weight excluding hydrogens is 388 g/mol. The van der Waals surface area contributed by atoms with Crippen LogP contribution < -0.4 is 16.0 Å². The van der Waals surface area contributed by atoms with Crippen molar-refractivity contribution in [2.45, 2.75) is 71.8 Å². The second-order valence-corrected chi connectivity index (χ2v) is 8.55. The van der Waals surface area contributed by atoms with E-state index in [9.17, 15) is 0 Å². The van der Waals surface area contributed by atoms with E-state index >= 15 is 0 Å². The summed E-state index contributed by atoms with van der Waals surface area (Å²) >= 11 is 0. The van der Waals surface area contributed by atoms with Gasteiger partial charge in [-0.1, -0.05) is 26.3 Å². The van der Waals surface area contributed by atoms with Crippen LogP contribution in [0.2, 0.25) is 0 Å². The molecule has 0 bridgehead atoms. The van der Waals surface area contributed by atoms with Crippen LogP contribution in [0.15, 0.2) is 18.5 Å². The molecule has 0 spiro atoms. The molecule has 8 heteroatoms. The third-order valence-corrected chi connectivity index (χ3v) is 6.07. The first-order chi connectivity index (χ1) is 15.1. The maximum atomic E-state index is 6.19. The molecule has 8 nitrogen and oxygen atoms in total. The second-order valence-electron chi connectivity index (χ2n) is 8.55. The van der Waals surface area contributed by atoms with Gasteiger partial charge in [-0.25, -0.2) is 14.5 Å². The Morgan fingerprint density at radius 3 is 2.65 bits per heavy atom. The van der Waals surface area contributed by atoms with Gasteiger partial charge in [0.2, 0.25) is 5.95 Å². The van der Waals surface area contributed by atoms with Crippen molar-refractivity contribution >= 4 is 23.2 Å². The maximum Gasteiger partial charge on any atom is 0.243 e. The lowest BCUT2D eigenvalue weighted by molar-refractivity contribution is 0.572. The van der Waals surface area contributed by atoms with Gasteiger partial charge in [0.15, 0.2) is 11.5 Å². The summed E-state index contributed by atoms with van der Waals surface area (Å²) < 4.78 is 1.82. The van der Waals surface area contributed by atoms with Gasteiger partial charge in [-0.05, 0) is 50.2 Å². The van der Waals surface area contributed by atoms with Gasteiger partial charge in [0.1, 0.15) is 5.82 Å². The summed E-state index contributed by atoms with van der Waals surface area (Å²) in [4.78, 5) is 16.1. The van der Waals surface area contributed by atoms with E-state index in [0.29, 0.717) is 29.9 Å². The molecular formula is C23H34N8. The third kappa shape index (κ3) is 4.73. The molecule has 1 aliphatic rings. The highest BCUT2D eigenvalue weighted by Gasteiger charge is 2.17. The normalized spacial score (nSPS) is 15.4. The average Bonchev–Trinajstić information content (AvgIpc) is 3.17. The van der Waals surface area contributed by atoms with Crippen LogP contribution in [0.1, 0.15) is 69.2 Å². The van der Waals surface area contributed by atoms with Gasteiger partial charge in [0, 0.05) is 31.7 Å². The first kappa shape index (κ1) is 21.3. The standard InChI is InChI=1S/C23H34N8/c1-4-9-18(5-2)27-23-28-20(24)22-26-15-19(31(22)29-23)13-17-12-16(3)21(25-14-17)30-10-7-6-8-11-30/h12,14-15,18H,4-11,13H2,1-3H3,(H3,24,27,28,29). The van der Waals surface area contributed by atoms with Crippen LogP contribution in [0, 0.1) is 6.92 Å². The number of nitrogens with one attached hydrogen (secondary N) is 1. The lowest BCUT2D eigenvalue weighted by atomic mass is 10.1. The Morgan fingerprint density at radius 2 is 1.94 bits per heavy atom. The van der Waals surface area contributed by atoms with Crippen molar-refractivity contribution in [3.05, 3.63) is 35.3 Å². The first-order valence-electron chi connectivity index (χ1n) is 11.6. The molecule has 1 saturated heterocycles. The van der Waals surface area contributed by atoms with Gasteiger partial charge in [-0.3, -0.25) is 0 Å². The van der Waals surface area contributed by atoms with E-state index in [4.69, 9.17) is 15.8 Å². The predicted molar refractivity (Wildman–Crippen MR) is 126 cm³/mol. The van der Waals surface area contributed by atoms with Crippen LogP contribution in [0.5, 0.6) is 0 Å². The Morgan fingerprint density at radius 1 is 1.13 bits per heavy atom. The van der Waals surface area contributed by atoms with Gasteiger partial charge >= 0.3 is 0 Å². The highest BCUT2D eigenvalue weighted by molar-refractivity contribution is 5.61. The zero-order valence-electron chi connectivity index (χ0n) is 18.9. The number of pyridine rings is 1. The fourth-order valence-corrected chi connectivity index (χ4v) is 4.41. The van der Waals surface area contributed by atoms with Crippen molar-refractivity contribution in [1.82, 2.24) is 24.6 Å². The molecule has 3 aromatic heterocycles. The quantitative estimate of drug-likeness (QED) is 0.566. The number of anilines is 3. The van der Waals surface area contributed by atoms with E-state index in [0.717, 1.165) is 49.4 Å². The molecule has 4 heterocycles. The molecule has 0 aliphatic carbocycles. The maximum absolute atomic E-state index is 6.19. The Labute approximate surface area is 184 Å². The number of hydrogen-bond donors (Lipinski definition) is 2. The molecule has 3 N–H and O–H groups in total. The summed E-state index contributed by atoms with van der Waals surface area (Å²) in [5, 5.41) is 8.13. The number of aromatic nitrogens is 5. The molecule has 1 fully saturated rings. The fourth-order valence-electron chi connectivity index (χ4n) is 4.41. The Balaban J connectivity index is 1.57. The van der Waals surface area contributed by atoms with Gasteiger partial charge < -0.3 is 16.0 Å². The number of piperidine rings is 1. The van der Waals surface area contributed by atoms with E-state index in [2.05, 4.69) is 47.0 Å². The van der Waals surface area contributed by atoms with Crippen LogP contribution in [0.3, 0.4) is 0 Å². The Bertz CT molecular complexity index is 1020. The first-order valence-corrected chi connectivity index (χ1v) is 11.6. The van der Waals surface area contributed by atoms with Crippen molar-refractivity contribution in [3.8, 4) is 0 Å². The lowest BCUT2D eigenvalue weighted by Crippen LogP contribution is -2.30. The predicted octanol–water partition coefficient (Wildman–Crippen LogP) is 3.98. The number of fused-ring (bicyclic) bond motifs is 1. The van der Waals surface area contributed by atoms with Crippen molar-refractivity contribution < 1.29 is 0 Å².